The molecule has 0 aliphatic carbocycles. The van der Waals surface area contributed by atoms with Crippen LogP contribution in [0.2, 0.25) is 0 Å². The summed E-state index contributed by atoms with van der Waals surface area (Å²) in [5.41, 5.74) is 7.47. The van der Waals surface area contributed by atoms with Crippen molar-refractivity contribution in [2.75, 3.05) is 37.3 Å². The van der Waals surface area contributed by atoms with Gasteiger partial charge in [0.15, 0.2) is 0 Å². The molecule has 16 heavy (non-hydrogen) atoms. The predicted molar refractivity (Wildman–Crippen MR) is 67.7 cm³/mol. The number of pyridine rings is 1. The smallest absolute Gasteiger partial charge is 0.129 e. The molecule has 1 aliphatic rings. The van der Waals surface area contributed by atoms with Crippen LogP contribution < -0.4 is 10.6 Å². The van der Waals surface area contributed by atoms with Gasteiger partial charge in [0.25, 0.3) is 0 Å². The monoisotopic (exact) mass is 220 g/mol. The lowest BCUT2D eigenvalue weighted by molar-refractivity contribution is 0.233. The number of rotatable bonds is 1. The van der Waals surface area contributed by atoms with E-state index in [1.165, 1.54) is 0 Å². The number of hydrogen-bond donors (Lipinski definition) is 1. The summed E-state index contributed by atoms with van der Waals surface area (Å²) in [4.78, 5) is 9.24. The summed E-state index contributed by atoms with van der Waals surface area (Å²) >= 11 is 0. The van der Waals surface area contributed by atoms with E-state index in [1.807, 2.05) is 19.1 Å². The second-order valence-corrected chi connectivity index (χ2v) is 4.62. The highest BCUT2D eigenvalue weighted by Gasteiger charge is 2.21. The van der Waals surface area contributed by atoms with Crippen LogP contribution in [0.25, 0.3) is 0 Å². The first-order valence-electron chi connectivity index (χ1n) is 5.76. The molecule has 1 unspecified atom stereocenters. The fourth-order valence-electron chi connectivity index (χ4n) is 1.99. The Labute approximate surface area is 97.1 Å². The molecular weight excluding hydrogens is 200 g/mol. The molecule has 0 aromatic carbocycles. The van der Waals surface area contributed by atoms with Crippen LogP contribution in [0.5, 0.6) is 0 Å². The molecule has 88 valence electrons. The number of nitrogen functional groups attached to an aromatic ring is 1. The molecule has 2 heterocycles. The SMILES string of the molecule is Cc1nc(N2CCN(C)C(C)C2)ccc1N. The number of nitrogens with two attached hydrogens (primary N) is 1. The lowest BCUT2D eigenvalue weighted by atomic mass is 10.2. The van der Waals surface area contributed by atoms with Crippen LogP contribution in [-0.2, 0) is 0 Å². The van der Waals surface area contributed by atoms with E-state index in [2.05, 4.69) is 28.8 Å². The average Bonchev–Trinajstić information content (AvgIpc) is 2.26. The highest BCUT2D eigenvalue weighted by atomic mass is 15.3. The molecule has 1 saturated heterocycles. The summed E-state index contributed by atoms with van der Waals surface area (Å²) in [5, 5.41) is 0. The fraction of sp³-hybridized carbons (Fsp3) is 0.583. The number of likely N-dealkylation sites (N-methyl/N-ethyl adjacent to an activating group) is 1. The summed E-state index contributed by atoms with van der Waals surface area (Å²) in [6.07, 6.45) is 0. The van der Waals surface area contributed by atoms with E-state index < -0.39 is 0 Å². The van der Waals surface area contributed by atoms with Gasteiger partial charge in [0.1, 0.15) is 5.82 Å². The minimum Gasteiger partial charge on any atom is -0.397 e. The summed E-state index contributed by atoms with van der Waals surface area (Å²) in [6, 6.07) is 4.54. The van der Waals surface area contributed by atoms with Crippen molar-refractivity contribution in [1.29, 1.82) is 0 Å². The molecule has 1 aromatic rings. The first kappa shape index (κ1) is 11.2. The zero-order valence-electron chi connectivity index (χ0n) is 10.3. The van der Waals surface area contributed by atoms with Crippen LogP contribution in [0.1, 0.15) is 12.6 Å². The third kappa shape index (κ3) is 2.11. The van der Waals surface area contributed by atoms with Crippen LogP contribution in [0.4, 0.5) is 11.5 Å². The molecule has 4 heteroatoms. The number of anilines is 2. The van der Waals surface area contributed by atoms with E-state index in [-0.39, 0.29) is 0 Å². The van der Waals surface area contributed by atoms with Crippen molar-refractivity contribution < 1.29 is 0 Å². The highest BCUT2D eigenvalue weighted by molar-refractivity contribution is 5.50. The quantitative estimate of drug-likeness (QED) is 0.770. The van der Waals surface area contributed by atoms with E-state index in [0.29, 0.717) is 6.04 Å². The van der Waals surface area contributed by atoms with Gasteiger partial charge in [-0.3, -0.25) is 0 Å². The molecule has 4 nitrogen and oxygen atoms in total. The number of hydrogen-bond acceptors (Lipinski definition) is 4. The van der Waals surface area contributed by atoms with Crippen molar-refractivity contribution in [2.45, 2.75) is 19.9 Å². The molecule has 0 saturated carbocycles. The maximum Gasteiger partial charge on any atom is 0.129 e. The van der Waals surface area contributed by atoms with E-state index in [1.54, 1.807) is 0 Å². The Morgan fingerprint density at radius 1 is 1.38 bits per heavy atom. The van der Waals surface area contributed by atoms with Crippen LogP contribution in [0.3, 0.4) is 0 Å². The van der Waals surface area contributed by atoms with Gasteiger partial charge >= 0.3 is 0 Å². The number of aromatic nitrogens is 1. The van der Waals surface area contributed by atoms with Gasteiger partial charge in [-0.2, -0.15) is 0 Å². The highest BCUT2D eigenvalue weighted by Crippen LogP contribution is 2.19. The number of aryl methyl sites for hydroxylation is 1. The summed E-state index contributed by atoms with van der Waals surface area (Å²) in [7, 11) is 2.17. The van der Waals surface area contributed by atoms with Crippen molar-refractivity contribution in [3.8, 4) is 0 Å². The average molecular weight is 220 g/mol. The van der Waals surface area contributed by atoms with Crippen LogP contribution in [0, 0.1) is 6.92 Å². The topological polar surface area (TPSA) is 45.4 Å². The standard InChI is InChI=1S/C12H20N4/c1-9-8-16(7-6-15(9)3)12-5-4-11(13)10(2)14-12/h4-5,9H,6-8,13H2,1-3H3. The first-order chi connectivity index (χ1) is 7.58. The Morgan fingerprint density at radius 3 is 2.75 bits per heavy atom. The molecule has 0 radical (unpaired) electrons. The van der Waals surface area contributed by atoms with Crippen molar-refractivity contribution >= 4 is 11.5 Å². The van der Waals surface area contributed by atoms with E-state index in [9.17, 15) is 0 Å². The third-order valence-electron chi connectivity index (χ3n) is 3.40. The summed E-state index contributed by atoms with van der Waals surface area (Å²) in [5.74, 6) is 1.05. The molecule has 1 aliphatic heterocycles. The zero-order valence-corrected chi connectivity index (χ0v) is 10.3. The molecule has 1 aromatic heterocycles. The van der Waals surface area contributed by atoms with Crippen LogP contribution >= 0.6 is 0 Å². The Morgan fingerprint density at radius 2 is 2.12 bits per heavy atom. The summed E-state index contributed by atoms with van der Waals surface area (Å²) < 4.78 is 0. The lowest BCUT2D eigenvalue weighted by Crippen LogP contribution is -2.50. The van der Waals surface area contributed by atoms with E-state index in [4.69, 9.17) is 5.73 Å². The molecule has 1 fully saturated rings. The van der Waals surface area contributed by atoms with Gasteiger partial charge in [-0.25, -0.2) is 4.98 Å². The first-order valence-corrected chi connectivity index (χ1v) is 5.76. The van der Waals surface area contributed by atoms with Gasteiger partial charge in [0, 0.05) is 25.7 Å². The third-order valence-corrected chi connectivity index (χ3v) is 3.40. The molecule has 0 bridgehead atoms. The Hall–Kier alpha value is -1.29. The minimum atomic E-state index is 0.577. The number of piperazine rings is 1. The van der Waals surface area contributed by atoms with Crippen molar-refractivity contribution in [2.24, 2.45) is 0 Å². The van der Waals surface area contributed by atoms with E-state index >= 15 is 0 Å². The largest absolute Gasteiger partial charge is 0.397 e. The molecule has 2 rings (SSSR count). The molecule has 2 N–H and O–H groups in total. The van der Waals surface area contributed by atoms with Gasteiger partial charge in [0.05, 0.1) is 11.4 Å². The summed E-state index contributed by atoms with van der Waals surface area (Å²) in [6.45, 7) is 7.37. The Balaban J connectivity index is 2.15. The van der Waals surface area contributed by atoms with Crippen LogP contribution in [-0.4, -0.2) is 42.6 Å². The van der Waals surface area contributed by atoms with Gasteiger partial charge in [0.2, 0.25) is 0 Å². The second kappa shape index (κ2) is 4.29. The Bertz CT molecular complexity index is 377. The number of nitrogens with zero attached hydrogens (tertiary/aromatic N) is 3. The maximum atomic E-state index is 5.78. The van der Waals surface area contributed by atoms with Gasteiger partial charge in [-0.05, 0) is 33.0 Å². The van der Waals surface area contributed by atoms with Gasteiger partial charge in [-0.15, -0.1) is 0 Å². The molecular formula is C12H20N4. The maximum absolute atomic E-state index is 5.78. The van der Waals surface area contributed by atoms with Gasteiger partial charge in [-0.1, -0.05) is 0 Å². The molecule has 0 spiro atoms. The molecule has 0 amide bonds. The molecule has 1 atom stereocenters. The Kier molecular flexibility index (Phi) is 3.01. The van der Waals surface area contributed by atoms with Crippen molar-refractivity contribution in [1.82, 2.24) is 9.88 Å². The fourth-order valence-corrected chi connectivity index (χ4v) is 1.99. The lowest BCUT2D eigenvalue weighted by Gasteiger charge is -2.38. The second-order valence-electron chi connectivity index (χ2n) is 4.62. The van der Waals surface area contributed by atoms with Crippen molar-refractivity contribution in [3.63, 3.8) is 0 Å². The van der Waals surface area contributed by atoms with Crippen molar-refractivity contribution in [3.05, 3.63) is 17.8 Å². The van der Waals surface area contributed by atoms with E-state index in [0.717, 1.165) is 36.8 Å². The normalized spacial score (nSPS) is 22.4. The predicted octanol–water partition coefficient (Wildman–Crippen LogP) is 1.11. The zero-order chi connectivity index (χ0) is 11.7. The van der Waals surface area contributed by atoms with Gasteiger partial charge < -0.3 is 15.5 Å². The van der Waals surface area contributed by atoms with Crippen LogP contribution in [0.15, 0.2) is 12.1 Å². The minimum absolute atomic E-state index is 0.577.